The molecule has 23 heavy (non-hydrogen) atoms. The van der Waals surface area contributed by atoms with Crippen LogP contribution in [-0.2, 0) is 4.79 Å². The molecule has 1 atom stereocenters. The van der Waals surface area contributed by atoms with Crippen LogP contribution < -0.4 is 10.1 Å². The van der Waals surface area contributed by atoms with Gasteiger partial charge >= 0.3 is 0 Å². The zero-order chi connectivity index (χ0) is 16.7. The van der Waals surface area contributed by atoms with Crippen molar-refractivity contribution in [2.45, 2.75) is 39.7 Å². The van der Waals surface area contributed by atoms with Crippen molar-refractivity contribution in [1.29, 1.82) is 0 Å². The standard InChI is InChI=1S/C20H25NO2/c1-15-11-12-19(16(2)14-15)23-13-7-10-20(22)21-17(3)18-8-5-4-6-9-18/h4-6,8-9,11-12,14,17H,7,10,13H2,1-3H3,(H,21,22)/t17-/m0/s1. The highest BCUT2D eigenvalue weighted by Gasteiger charge is 2.09. The fourth-order valence-corrected chi connectivity index (χ4v) is 2.51. The Morgan fingerprint density at radius 3 is 2.57 bits per heavy atom. The zero-order valence-electron chi connectivity index (χ0n) is 14.1. The van der Waals surface area contributed by atoms with Gasteiger partial charge in [-0.3, -0.25) is 4.79 Å². The summed E-state index contributed by atoms with van der Waals surface area (Å²) in [7, 11) is 0. The van der Waals surface area contributed by atoms with Crippen molar-refractivity contribution >= 4 is 5.91 Å². The zero-order valence-corrected chi connectivity index (χ0v) is 14.1. The molecule has 1 amide bonds. The highest BCUT2D eigenvalue weighted by atomic mass is 16.5. The van der Waals surface area contributed by atoms with E-state index >= 15 is 0 Å². The third-order valence-corrected chi connectivity index (χ3v) is 3.81. The Hall–Kier alpha value is -2.29. The Morgan fingerprint density at radius 1 is 1.13 bits per heavy atom. The van der Waals surface area contributed by atoms with Crippen molar-refractivity contribution < 1.29 is 9.53 Å². The molecule has 0 bridgehead atoms. The van der Waals surface area contributed by atoms with Crippen LogP contribution in [0.3, 0.4) is 0 Å². The highest BCUT2D eigenvalue weighted by molar-refractivity contribution is 5.76. The predicted octanol–water partition coefficient (Wildman–Crippen LogP) is 4.34. The molecule has 2 rings (SSSR count). The number of nitrogens with one attached hydrogen (secondary N) is 1. The second-order valence-electron chi connectivity index (χ2n) is 5.92. The van der Waals surface area contributed by atoms with Gasteiger partial charge in [-0.25, -0.2) is 0 Å². The molecule has 0 fully saturated rings. The van der Waals surface area contributed by atoms with Gasteiger partial charge in [0.2, 0.25) is 5.91 Å². The third-order valence-electron chi connectivity index (χ3n) is 3.81. The van der Waals surface area contributed by atoms with E-state index in [1.54, 1.807) is 0 Å². The maximum absolute atomic E-state index is 12.0. The van der Waals surface area contributed by atoms with Crippen LogP contribution in [0.1, 0.15) is 42.5 Å². The van der Waals surface area contributed by atoms with Gasteiger partial charge in [0.25, 0.3) is 0 Å². The molecule has 0 aliphatic rings. The van der Waals surface area contributed by atoms with E-state index in [0.29, 0.717) is 19.4 Å². The molecule has 2 aromatic carbocycles. The van der Waals surface area contributed by atoms with E-state index in [2.05, 4.69) is 18.3 Å². The van der Waals surface area contributed by atoms with Crippen molar-refractivity contribution in [3.8, 4) is 5.75 Å². The quantitative estimate of drug-likeness (QED) is 0.772. The van der Waals surface area contributed by atoms with Gasteiger partial charge in [0.1, 0.15) is 5.75 Å². The van der Waals surface area contributed by atoms with E-state index in [9.17, 15) is 4.79 Å². The normalized spacial score (nSPS) is 11.8. The molecule has 0 saturated heterocycles. The maximum Gasteiger partial charge on any atom is 0.220 e. The van der Waals surface area contributed by atoms with Crippen LogP contribution in [0.2, 0.25) is 0 Å². The van der Waals surface area contributed by atoms with Crippen LogP contribution in [0.4, 0.5) is 0 Å². The summed E-state index contributed by atoms with van der Waals surface area (Å²) in [5, 5.41) is 3.02. The first-order valence-electron chi connectivity index (χ1n) is 8.10. The van der Waals surface area contributed by atoms with Crippen molar-refractivity contribution in [2.75, 3.05) is 6.61 Å². The van der Waals surface area contributed by atoms with Gasteiger partial charge in [0, 0.05) is 6.42 Å². The van der Waals surface area contributed by atoms with Crippen LogP contribution in [0.25, 0.3) is 0 Å². The largest absolute Gasteiger partial charge is 0.493 e. The van der Waals surface area contributed by atoms with Crippen molar-refractivity contribution in [3.05, 3.63) is 65.2 Å². The number of hydrogen-bond acceptors (Lipinski definition) is 2. The summed E-state index contributed by atoms with van der Waals surface area (Å²) in [6.45, 7) is 6.65. The van der Waals surface area contributed by atoms with Crippen LogP contribution in [0.5, 0.6) is 5.75 Å². The molecule has 0 radical (unpaired) electrons. The van der Waals surface area contributed by atoms with Gasteiger partial charge < -0.3 is 10.1 Å². The van der Waals surface area contributed by atoms with Gasteiger partial charge in [0.15, 0.2) is 0 Å². The number of hydrogen-bond donors (Lipinski definition) is 1. The fraction of sp³-hybridized carbons (Fsp3) is 0.350. The molecule has 0 unspecified atom stereocenters. The van der Waals surface area contributed by atoms with E-state index in [1.807, 2.05) is 56.3 Å². The molecule has 3 nitrogen and oxygen atoms in total. The van der Waals surface area contributed by atoms with Gasteiger partial charge in [-0.15, -0.1) is 0 Å². The second-order valence-corrected chi connectivity index (χ2v) is 5.92. The first-order valence-corrected chi connectivity index (χ1v) is 8.10. The molecule has 0 spiro atoms. The predicted molar refractivity (Wildman–Crippen MR) is 93.6 cm³/mol. The minimum Gasteiger partial charge on any atom is -0.493 e. The summed E-state index contributed by atoms with van der Waals surface area (Å²) < 4.78 is 5.75. The van der Waals surface area contributed by atoms with Crippen LogP contribution in [-0.4, -0.2) is 12.5 Å². The summed E-state index contributed by atoms with van der Waals surface area (Å²) in [6, 6.07) is 16.1. The van der Waals surface area contributed by atoms with Gasteiger partial charge in [-0.05, 0) is 44.4 Å². The molecule has 2 aromatic rings. The Labute approximate surface area is 138 Å². The van der Waals surface area contributed by atoms with Crippen LogP contribution >= 0.6 is 0 Å². The number of amides is 1. The molecule has 1 N–H and O–H groups in total. The average Bonchev–Trinajstić information content (AvgIpc) is 2.54. The Balaban J connectivity index is 1.70. The average molecular weight is 311 g/mol. The summed E-state index contributed by atoms with van der Waals surface area (Å²) in [5.74, 6) is 0.958. The summed E-state index contributed by atoms with van der Waals surface area (Å²) >= 11 is 0. The lowest BCUT2D eigenvalue weighted by Gasteiger charge is -2.14. The number of carbonyl (C=O) groups excluding carboxylic acids is 1. The Bertz CT molecular complexity index is 637. The first-order chi connectivity index (χ1) is 11.1. The molecule has 0 saturated carbocycles. The van der Waals surface area contributed by atoms with Crippen molar-refractivity contribution in [2.24, 2.45) is 0 Å². The van der Waals surface area contributed by atoms with Gasteiger partial charge in [0.05, 0.1) is 12.6 Å². The lowest BCUT2D eigenvalue weighted by molar-refractivity contribution is -0.121. The minimum atomic E-state index is 0.0314. The molecule has 122 valence electrons. The summed E-state index contributed by atoms with van der Waals surface area (Å²) in [5.41, 5.74) is 3.48. The fourth-order valence-electron chi connectivity index (χ4n) is 2.51. The number of ether oxygens (including phenoxy) is 1. The van der Waals surface area contributed by atoms with E-state index < -0.39 is 0 Å². The SMILES string of the molecule is Cc1ccc(OCCCC(=O)N[C@@H](C)c2ccccc2)c(C)c1. The summed E-state index contributed by atoms with van der Waals surface area (Å²) in [6.07, 6.45) is 1.18. The van der Waals surface area contributed by atoms with E-state index in [0.717, 1.165) is 16.9 Å². The Morgan fingerprint density at radius 2 is 1.87 bits per heavy atom. The second kappa shape index (κ2) is 8.37. The molecule has 0 aliphatic carbocycles. The molecule has 0 heterocycles. The molecule has 0 aliphatic heterocycles. The van der Waals surface area contributed by atoms with E-state index in [1.165, 1.54) is 5.56 Å². The Kier molecular flexibility index (Phi) is 6.21. The van der Waals surface area contributed by atoms with Gasteiger partial charge in [-0.1, -0.05) is 48.0 Å². The monoisotopic (exact) mass is 311 g/mol. The highest BCUT2D eigenvalue weighted by Crippen LogP contribution is 2.19. The lowest BCUT2D eigenvalue weighted by Crippen LogP contribution is -2.26. The lowest BCUT2D eigenvalue weighted by atomic mass is 10.1. The molecule has 0 aromatic heterocycles. The third kappa shape index (κ3) is 5.44. The smallest absolute Gasteiger partial charge is 0.220 e. The number of benzene rings is 2. The van der Waals surface area contributed by atoms with Crippen LogP contribution in [0, 0.1) is 13.8 Å². The summed E-state index contributed by atoms with van der Waals surface area (Å²) in [4.78, 5) is 12.0. The van der Waals surface area contributed by atoms with Gasteiger partial charge in [-0.2, -0.15) is 0 Å². The molecular formula is C20H25NO2. The van der Waals surface area contributed by atoms with E-state index in [-0.39, 0.29) is 11.9 Å². The molecule has 3 heteroatoms. The topological polar surface area (TPSA) is 38.3 Å². The first kappa shape index (κ1) is 17.1. The maximum atomic E-state index is 12.0. The number of carbonyl (C=O) groups is 1. The number of rotatable bonds is 7. The van der Waals surface area contributed by atoms with E-state index in [4.69, 9.17) is 4.74 Å². The number of aryl methyl sites for hydroxylation is 2. The van der Waals surface area contributed by atoms with Crippen LogP contribution in [0.15, 0.2) is 48.5 Å². The molecular weight excluding hydrogens is 286 g/mol. The minimum absolute atomic E-state index is 0.0314. The van der Waals surface area contributed by atoms with Crippen molar-refractivity contribution in [3.63, 3.8) is 0 Å². The van der Waals surface area contributed by atoms with Crippen molar-refractivity contribution in [1.82, 2.24) is 5.32 Å².